The van der Waals surface area contributed by atoms with E-state index in [1.807, 2.05) is 31.2 Å². The van der Waals surface area contributed by atoms with Crippen molar-refractivity contribution in [2.75, 3.05) is 37.6 Å². The van der Waals surface area contributed by atoms with Gasteiger partial charge in [-0.2, -0.15) is 5.10 Å². The highest BCUT2D eigenvalue weighted by atomic mass is 32.2. The largest absolute Gasteiger partial charge is 0.493 e. The van der Waals surface area contributed by atoms with E-state index < -0.39 is 10.0 Å². The highest BCUT2D eigenvalue weighted by molar-refractivity contribution is 7.92. The number of ether oxygens (including phenoxy) is 3. The molecule has 0 aliphatic heterocycles. The Balaban J connectivity index is 1.73. The van der Waals surface area contributed by atoms with E-state index in [9.17, 15) is 8.42 Å². The number of nitrogens with zero attached hydrogens (tertiary/aromatic N) is 3. The first-order valence-electron chi connectivity index (χ1n) is 10.2. The van der Waals surface area contributed by atoms with E-state index in [4.69, 9.17) is 19.2 Å². The van der Waals surface area contributed by atoms with Gasteiger partial charge in [-0.1, -0.05) is 6.07 Å². The zero-order chi connectivity index (χ0) is 24.5. The standard InChI is InChI=1S/C23H25N5O5S/c1-14-6-7-16(12-18(14)27-34(5,29)30)25-21-8-9-28-23(26-21)17(13-24-28)15-10-19(31-2)22(33-4)20(11-15)32-3/h6-13,27H,1-5H3,(H,25,26). The summed E-state index contributed by atoms with van der Waals surface area (Å²) >= 11 is 0. The normalized spacial score (nSPS) is 11.3. The minimum atomic E-state index is -3.40. The number of fused-ring (bicyclic) bond motifs is 1. The molecule has 11 heteroatoms. The van der Waals surface area contributed by atoms with Crippen LogP contribution in [0, 0.1) is 6.92 Å². The molecule has 0 unspecified atom stereocenters. The van der Waals surface area contributed by atoms with Gasteiger partial charge in [0.15, 0.2) is 17.1 Å². The molecule has 178 valence electrons. The fourth-order valence-corrected chi connectivity index (χ4v) is 4.16. The molecular weight excluding hydrogens is 458 g/mol. The van der Waals surface area contributed by atoms with Gasteiger partial charge < -0.3 is 19.5 Å². The quantitative estimate of drug-likeness (QED) is 0.388. The number of hydrogen-bond acceptors (Lipinski definition) is 8. The molecule has 2 N–H and O–H groups in total. The van der Waals surface area contributed by atoms with Crippen LogP contribution in [0.15, 0.2) is 48.8 Å². The summed E-state index contributed by atoms with van der Waals surface area (Å²) in [6.07, 6.45) is 4.62. The van der Waals surface area contributed by atoms with Crippen molar-refractivity contribution in [2.24, 2.45) is 0 Å². The molecule has 0 bridgehead atoms. The van der Waals surface area contributed by atoms with Crippen molar-refractivity contribution < 1.29 is 22.6 Å². The number of nitrogens with one attached hydrogen (secondary N) is 2. The average Bonchev–Trinajstić information content (AvgIpc) is 3.22. The lowest BCUT2D eigenvalue weighted by Gasteiger charge is -2.14. The van der Waals surface area contributed by atoms with Gasteiger partial charge in [-0.3, -0.25) is 4.72 Å². The smallest absolute Gasteiger partial charge is 0.229 e. The SMILES string of the molecule is COc1cc(-c2cnn3ccc(Nc4ccc(C)c(NS(C)(=O)=O)c4)nc23)cc(OC)c1OC. The highest BCUT2D eigenvalue weighted by Gasteiger charge is 2.17. The summed E-state index contributed by atoms with van der Waals surface area (Å²) in [5.74, 6) is 2.11. The lowest BCUT2D eigenvalue weighted by molar-refractivity contribution is 0.324. The lowest BCUT2D eigenvalue weighted by atomic mass is 10.1. The van der Waals surface area contributed by atoms with Crippen molar-refractivity contribution in [3.05, 3.63) is 54.4 Å². The van der Waals surface area contributed by atoms with Crippen LogP contribution in [-0.4, -0.2) is 50.6 Å². The summed E-state index contributed by atoms with van der Waals surface area (Å²) in [6.45, 7) is 1.83. The number of sulfonamides is 1. The molecule has 0 saturated carbocycles. The monoisotopic (exact) mass is 483 g/mol. The van der Waals surface area contributed by atoms with Crippen molar-refractivity contribution in [1.29, 1.82) is 0 Å². The van der Waals surface area contributed by atoms with E-state index in [2.05, 4.69) is 15.1 Å². The molecule has 0 spiro atoms. The summed E-state index contributed by atoms with van der Waals surface area (Å²) in [4.78, 5) is 4.72. The summed E-state index contributed by atoms with van der Waals surface area (Å²) in [5, 5.41) is 7.62. The number of hydrogen-bond donors (Lipinski definition) is 2. The number of methoxy groups -OCH3 is 3. The minimum absolute atomic E-state index is 0.496. The van der Waals surface area contributed by atoms with Gasteiger partial charge >= 0.3 is 0 Å². The van der Waals surface area contributed by atoms with E-state index in [1.54, 1.807) is 50.4 Å². The molecule has 4 rings (SSSR count). The fourth-order valence-electron chi connectivity index (χ4n) is 3.54. The van der Waals surface area contributed by atoms with Gasteiger partial charge in [0.05, 0.1) is 39.5 Å². The van der Waals surface area contributed by atoms with E-state index in [1.165, 1.54) is 0 Å². The minimum Gasteiger partial charge on any atom is -0.493 e. The molecular formula is C23H25N5O5S. The van der Waals surface area contributed by atoms with Crippen LogP contribution in [0.25, 0.3) is 16.8 Å². The van der Waals surface area contributed by atoms with Gasteiger partial charge in [-0.05, 0) is 48.4 Å². The highest BCUT2D eigenvalue weighted by Crippen LogP contribution is 2.41. The van der Waals surface area contributed by atoms with Gasteiger partial charge in [0.2, 0.25) is 15.8 Å². The Bertz CT molecular complexity index is 1440. The topological polar surface area (TPSA) is 116 Å². The van der Waals surface area contributed by atoms with E-state index >= 15 is 0 Å². The van der Waals surface area contributed by atoms with Crippen LogP contribution in [0.1, 0.15) is 5.56 Å². The third kappa shape index (κ3) is 4.69. The molecule has 4 aromatic rings. The van der Waals surface area contributed by atoms with Crippen LogP contribution in [0.4, 0.5) is 17.2 Å². The second kappa shape index (κ2) is 9.10. The van der Waals surface area contributed by atoms with E-state index in [-0.39, 0.29) is 0 Å². The van der Waals surface area contributed by atoms with Crippen molar-refractivity contribution in [3.8, 4) is 28.4 Å². The first-order chi connectivity index (χ1) is 16.2. The number of aromatic nitrogens is 3. The third-order valence-corrected chi connectivity index (χ3v) is 5.74. The molecule has 0 aliphatic carbocycles. The molecule has 0 fully saturated rings. The molecule has 34 heavy (non-hydrogen) atoms. The maximum Gasteiger partial charge on any atom is 0.229 e. The molecule has 0 aliphatic rings. The Hall–Kier alpha value is -3.99. The fraction of sp³-hybridized carbons (Fsp3) is 0.217. The Morgan fingerprint density at radius 1 is 0.971 bits per heavy atom. The van der Waals surface area contributed by atoms with E-state index in [0.29, 0.717) is 40.1 Å². The average molecular weight is 484 g/mol. The Kier molecular flexibility index (Phi) is 6.20. The number of aryl methyl sites for hydroxylation is 1. The van der Waals surface area contributed by atoms with Crippen molar-refractivity contribution >= 4 is 32.9 Å². The van der Waals surface area contributed by atoms with Crippen LogP contribution in [0.5, 0.6) is 17.2 Å². The zero-order valence-electron chi connectivity index (χ0n) is 19.4. The van der Waals surface area contributed by atoms with Crippen LogP contribution in [-0.2, 0) is 10.0 Å². The Morgan fingerprint density at radius 3 is 2.29 bits per heavy atom. The van der Waals surface area contributed by atoms with Gasteiger partial charge in [0.1, 0.15) is 5.82 Å². The van der Waals surface area contributed by atoms with Crippen molar-refractivity contribution in [2.45, 2.75) is 6.92 Å². The number of rotatable bonds is 8. The summed E-state index contributed by atoms with van der Waals surface area (Å²) in [6, 6.07) is 10.9. The van der Waals surface area contributed by atoms with E-state index in [0.717, 1.165) is 22.9 Å². The maximum atomic E-state index is 11.7. The van der Waals surface area contributed by atoms with Crippen LogP contribution in [0.3, 0.4) is 0 Å². The summed E-state index contributed by atoms with van der Waals surface area (Å²) in [7, 11) is 1.28. The van der Waals surface area contributed by atoms with Crippen LogP contribution in [0.2, 0.25) is 0 Å². The van der Waals surface area contributed by atoms with Crippen LogP contribution < -0.4 is 24.2 Å². The molecule has 0 radical (unpaired) electrons. The number of anilines is 3. The second-order valence-electron chi connectivity index (χ2n) is 7.58. The lowest BCUT2D eigenvalue weighted by Crippen LogP contribution is -2.10. The molecule has 0 atom stereocenters. The predicted octanol–water partition coefficient (Wildman–Crippen LogP) is 3.85. The molecule has 2 aromatic carbocycles. The van der Waals surface area contributed by atoms with Gasteiger partial charge in [-0.25, -0.2) is 17.9 Å². The summed E-state index contributed by atoms with van der Waals surface area (Å²) < 4.78 is 43.9. The predicted molar refractivity (Wildman–Crippen MR) is 131 cm³/mol. The third-order valence-electron chi connectivity index (χ3n) is 5.15. The van der Waals surface area contributed by atoms with Crippen LogP contribution >= 0.6 is 0 Å². The van der Waals surface area contributed by atoms with Gasteiger partial charge in [0.25, 0.3) is 0 Å². The van der Waals surface area contributed by atoms with Crippen molar-refractivity contribution in [1.82, 2.24) is 14.6 Å². The first-order valence-corrected chi connectivity index (χ1v) is 12.1. The van der Waals surface area contributed by atoms with Gasteiger partial charge in [0, 0.05) is 17.4 Å². The number of benzene rings is 2. The zero-order valence-corrected chi connectivity index (χ0v) is 20.2. The molecule has 10 nitrogen and oxygen atoms in total. The summed E-state index contributed by atoms with van der Waals surface area (Å²) in [5.41, 5.74) is 4.16. The molecule has 0 amide bonds. The maximum absolute atomic E-state index is 11.7. The second-order valence-corrected chi connectivity index (χ2v) is 9.33. The van der Waals surface area contributed by atoms with Crippen molar-refractivity contribution in [3.63, 3.8) is 0 Å². The van der Waals surface area contributed by atoms with Gasteiger partial charge in [-0.15, -0.1) is 0 Å². The Labute approximate surface area is 197 Å². The molecule has 2 heterocycles. The molecule has 0 saturated heterocycles. The first kappa shape index (κ1) is 23.2. The molecule has 2 aromatic heterocycles. The Morgan fingerprint density at radius 2 is 1.68 bits per heavy atom.